The monoisotopic (exact) mass is 561 g/mol. The molecule has 0 spiro atoms. The highest BCUT2D eigenvalue weighted by molar-refractivity contribution is 9.10. The summed E-state index contributed by atoms with van der Waals surface area (Å²) in [5.41, 5.74) is 2.80. The van der Waals surface area contributed by atoms with Crippen molar-refractivity contribution in [1.29, 1.82) is 0 Å². The van der Waals surface area contributed by atoms with Crippen LogP contribution in [0.25, 0.3) is 11.0 Å². The summed E-state index contributed by atoms with van der Waals surface area (Å²) in [6.07, 6.45) is 0.916. The van der Waals surface area contributed by atoms with E-state index in [0.717, 1.165) is 22.0 Å². The second-order valence-electron chi connectivity index (χ2n) is 9.67. The predicted octanol–water partition coefficient (Wildman–Crippen LogP) is 7.05. The van der Waals surface area contributed by atoms with Gasteiger partial charge in [-0.05, 0) is 67.3 Å². The average molecular weight is 562 g/mol. The number of benzene rings is 3. The Hall–Kier alpha value is -3.58. The molecule has 0 saturated heterocycles. The first-order valence-corrected chi connectivity index (χ1v) is 13.0. The fourth-order valence-electron chi connectivity index (χ4n) is 4.67. The Morgan fingerprint density at radius 3 is 2.57 bits per heavy atom. The minimum Gasteiger partial charge on any atom is -0.493 e. The molecule has 1 unspecified atom stereocenters. The summed E-state index contributed by atoms with van der Waals surface area (Å²) in [6, 6.07) is 17.7. The normalized spacial score (nSPS) is 14.9. The largest absolute Gasteiger partial charge is 0.493 e. The Morgan fingerprint density at radius 1 is 1.03 bits per heavy atom. The fraction of sp³-hybridized carbons (Fsp3) is 0.267. The van der Waals surface area contributed by atoms with Crippen LogP contribution in [-0.2, 0) is 0 Å². The lowest BCUT2D eigenvalue weighted by Gasteiger charge is -2.26. The van der Waals surface area contributed by atoms with Gasteiger partial charge < -0.3 is 13.9 Å². The predicted molar refractivity (Wildman–Crippen MR) is 148 cm³/mol. The van der Waals surface area contributed by atoms with Crippen LogP contribution in [0, 0.1) is 12.8 Å². The summed E-state index contributed by atoms with van der Waals surface area (Å²) in [7, 11) is 1.58. The first-order chi connectivity index (χ1) is 17.8. The molecule has 3 aromatic carbocycles. The summed E-state index contributed by atoms with van der Waals surface area (Å²) < 4.78 is 18.5. The smallest absolute Gasteiger partial charge is 0.295 e. The highest BCUT2D eigenvalue weighted by atomic mass is 79.9. The lowest BCUT2D eigenvalue weighted by atomic mass is 9.97. The Morgan fingerprint density at radius 2 is 1.84 bits per heavy atom. The van der Waals surface area contributed by atoms with Crippen LogP contribution < -0.4 is 19.8 Å². The number of amides is 1. The standard InChI is InChI=1S/C30H28BrNO5/c1-17(2)12-13-36-24-11-9-19(15-25(24)35-4)27-26-28(33)22-14-18(3)8-10-23(22)37-29(26)30(34)32(27)21-7-5-6-20(31)16-21/h5-11,14-17,27H,12-13H2,1-4H3. The minimum absolute atomic E-state index is 0.0579. The van der Waals surface area contributed by atoms with Gasteiger partial charge >= 0.3 is 0 Å². The quantitative estimate of drug-likeness (QED) is 0.242. The third-order valence-electron chi connectivity index (χ3n) is 6.57. The molecular weight excluding hydrogens is 534 g/mol. The minimum atomic E-state index is -0.698. The second-order valence-corrected chi connectivity index (χ2v) is 10.6. The molecule has 5 rings (SSSR count). The van der Waals surface area contributed by atoms with Crippen LogP contribution >= 0.6 is 15.9 Å². The second kappa shape index (κ2) is 10.1. The van der Waals surface area contributed by atoms with E-state index in [0.29, 0.717) is 46.2 Å². The molecule has 4 aromatic rings. The van der Waals surface area contributed by atoms with Gasteiger partial charge in [-0.15, -0.1) is 0 Å². The van der Waals surface area contributed by atoms with Crippen molar-refractivity contribution in [3.8, 4) is 11.5 Å². The lowest BCUT2D eigenvalue weighted by Crippen LogP contribution is -2.29. The maximum absolute atomic E-state index is 13.9. The Balaban J connectivity index is 1.69. The van der Waals surface area contributed by atoms with E-state index < -0.39 is 6.04 Å². The molecule has 6 nitrogen and oxygen atoms in total. The van der Waals surface area contributed by atoms with Gasteiger partial charge in [0.2, 0.25) is 5.76 Å². The number of aryl methyl sites for hydroxylation is 1. The van der Waals surface area contributed by atoms with Crippen molar-refractivity contribution in [3.63, 3.8) is 0 Å². The maximum Gasteiger partial charge on any atom is 0.295 e. The fourth-order valence-corrected chi connectivity index (χ4v) is 5.06. The van der Waals surface area contributed by atoms with Crippen LogP contribution in [0.3, 0.4) is 0 Å². The highest BCUT2D eigenvalue weighted by Gasteiger charge is 2.44. The molecule has 1 aromatic heterocycles. The number of carbonyl (C=O) groups is 1. The average Bonchev–Trinajstić information content (AvgIpc) is 3.17. The van der Waals surface area contributed by atoms with Gasteiger partial charge in [0.25, 0.3) is 5.91 Å². The van der Waals surface area contributed by atoms with E-state index in [1.54, 1.807) is 24.1 Å². The van der Waals surface area contributed by atoms with Crippen LogP contribution in [-0.4, -0.2) is 19.6 Å². The van der Waals surface area contributed by atoms with Crippen molar-refractivity contribution in [2.45, 2.75) is 33.2 Å². The van der Waals surface area contributed by atoms with Crippen molar-refractivity contribution in [2.75, 3.05) is 18.6 Å². The molecule has 1 amide bonds. The number of halogens is 1. The van der Waals surface area contributed by atoms with Crippen molar-refractivity contribution in [3.05, 3.63) is 97.8 Å². The number of hydrogen-bond acceptors (Lipinski definition) is 5. The Labute approximate surface area is 223 Å². The Bertz CT molecular complexity index is 1560. The molecule has 0 saturated carbocycles. The van der Waals surface area contributed by atoms with Crippen molar-refractivity contribution in [2.24, 2.45) is 5.92 Å². The number of ether oxygens (including phenoxy) is 2. The number of hydrogen-bond donors (Lipinski definition) is 0. The number of anilines is 1. The number of rotatable bonds is 7. The summed E-state index contributed by atoms with van der Waals surface area (Å²) in [6.45, 7) is 6.78. The SMILES string of the molecule is COc1cc(C2c3c(oc4ccc(C)cc4c3=O)C(=O)N2c2cccc(Br)c2)ccc1OCCC(C)C. The van der Waals surface area contributed by atoms with Gasteiger partial charge in [-0.2, -0.15) is 0 Å². The van der Waals surface area contributed by atoms with Gasteiger partial charge in [-0.25, -0.2) is 0 Å². The van der Waals surface area contributed by atoms with Crippen LogP contribution in [0.5, 0.6) is 11.5 Å². The van der Waals surface area contributed by atoms with Crippen LogP contribution in [0.2, 0.25) is 0 Å². The number of nitrogens with zero attached hydrogens (tertiary/aromatic N) is 1. The van der Waals surface area contributed by atoms with Crippen molar-refractivity contribution in [1.82, 2.24) is 0 Å². The third-order valence-corrected chi connectivity index (χ3v) is 7.06. The molecule has 1 aliphatic rings. The van der Waals surface area contributed by atoms with Crippen LogP contribution in [0.1, 0.15) is 53.6 Å². The van der Waals surface area contributed by atoms with E-state index in [1.807, 2.05) is 55.5 Å². The van der Waals surface area contributed by atoms with Gasteiger partial charge in [0.15, 0.2) is 16.9 Å². The molecule has 190 valence electrons. The summed E-state index contributed by atoms with van der Waals surface area (Å²) in [5, 5.41) is 0.452. The molecule has 0 aliphatic carbocycles. The molecule has 1 atom stereocenters. The van der Waals surface area contributed by atoms with Gasteiger partial charge in [-0.1, -0.05) is 53.5 Å². The molecule has 7 heteroatoms. The first-order valence-electron chi connectivity index (χ1n) is 12.3. The van der Waals surface area contributed by atoms with E-state index in [2.05, 4.69) is 29.8 Å². The van der Waals surface area contributed by atoms with Gasteiger partial charge in [0, 0.05) is 10.2 Å². The summed E-state index contributed by atoms with van der Waals surface area (Å²) in [4.78, 5) is 29.3. The van der Waals surface area contributed by atoms with E-state index in [9.17, 15) is 9.59 Å². The zero-order chi connectivity index (χ0) is 26.3. The molecule has 0 N–H and O–H groups in total. The first kappa shape index (κ1) is 25.1. The molecular formula is C30H28BrNO5. The maximum atomic E-state index is 13.9. The number of methoxy groups -OCH3 is 1. The lowest BCUT2D eigenvalue weighted by molar-refractivity contribution is 0.0971. The van der Waals surface area contributed by atoms with E-state index in [1.165, 1.54) is 0 Å². The summed E-state index contributed by atoms with van der Waals surface area (Å²) in [5.74, 6) is 1.36. The van der Waals surface area contributed by atoms with Crippen molar-refractivity contribution < 1.29 is 18.7 Å². The van der Waals surface area contributed by atoms with Crippen LogP contribution in [0.4, 0.5) is 5.69 Å². The zero-order valence-electron chi connectivity index (χ0n) is 21.2. The Kier molecular flexibility index (Phi) is 6.82. The molecule has 0 fully saturated rings. The molecule has 1 aliphatic heterocycles. The topological polar surface area (TPSA) is 69.0 Å². The molecule has 0 radical (unpaired) electrons. The van der Waals surface area contributed by atoms with E-state index >= 15 is 0 Å². The van der Waals surface area contributed by atoms with Crippen LogP contribution in [0.15, 0.2) is 74.3 Å². The number of carbonyl (C=O) groups excluding carboxylic acids is 1. The molecule has 0 bridgehead atoms. The van der Waals surface area contributed by atoms with Gasteiger partial charge in [0.1, 0.15) is 5.58 Å². The summed E-state index contributed by atoms with van der Waals surface area (Å²) >= 11 is 3.51. The third kappa shape index (κ3) is 4.64. The van der Waals surface area contributed by atoms with Crippen molar-refractivity contribution >= 4 is 38.5 Å². The van der Waals surface area contributed by atoms with Gasteiger partial charge in [-0.3, -0.25) is 14.5 Å². The zero-order valence-corrected chi connectivity index (χ0v) is 22.8. The number of fused-ring (bicyclic) bond motifs is 2. The highest BCUT2D eigenvalue weighted by Crippen LogP contribution is 2.43. The molecule has 2 heterocycles. The van der Waals surface area contributed by atoms with E-state index in [4.69, 9.17) is 13.9 Å². The molecule has 37 heavy (non-hydrogen) atoms. The van der Waals surface area contributed by atoms with Gasteiger partial charge in [0.05, 0.1) is 30.7 Å². The van der Waals surface area contributed by atoms with E-state index in [-0.39, 0.29) is 17.1 Å².